The molecule has 1 saturated heterocycles. The number of para-hydroxylation sites is 1. The molecule has 2 aromatic carbocycles. The van der Waals surface area contributed by atoms with E-state index in [1.807, 2.05) is 30.3 Å². The normalized spacial score (nSPS) is 23.3. The van der Waals surface area contributed by atoms with Crippen molar-refractivity contribution in [3.63, 3.8) is 0 Å². The molecule has 1 saturated carbocycles. The van der Waals surface area contributed by atoms with E-state index in [1.54, 1.807) is 17.8 Å². The third-order valence-electron chi connectivity index (χ3n) is 8.84. The average Bonchev–Trinajstić information content (AvgIpc) is 3.54. The Bertz CT molecular complexity index is 1650. The number of aryl methyl sites for hydroxylation is 1. The SMILES string of the molecule is Cc1nn(-c2ccccc2)cc1N(CC1CC1)C(=O)C[C@H](C(=O)O)[C@]1(N2CC(F)(F)C[C@@H]2C)C(=O)Nc2c(Cl)cc(Cl)cc21. The molecule has 2 amide bonds. The van der Waals surface area contributed by atoms with Gasteiger partial charge in [-0.25, -0.2) is 13.5 Å². The smallest absolute Gasteiger partial charge is 0.309 e. The molecule has 1 aliphatic carbocycles. The molecule has 3 heterocycles. The molecule has 0 spiro atoms. The van der Waals surface area contributed by atoms with Gasteiger partial charge in [0.1, 0.15) is 5.54 Å². The number of fused-ring (bicyclic) bond motifs is 1. The van der Waals surface area contributed by atoms with Crippen molar-refractivity contribution in [3.8, 4) is 5.69 Å². The quantitative estimate of drug-likeness (QED) is 0.300. The summed E-state index contributed by atoms with van der Waals surface area (Å²) in [7, 11) is 0. The van der Waals surface area contributed by atoms with E-state index in [2.05, 4.69) is 10.4 Å². The van der Waals surface area contributed by atoms with Gasteiger partial charge in [0.2, 0.25) is 5.91 Å². The maximum Gasteiger partial charge on any atom is 0.309 e. The van der Waals surface area contributed by atoms with E-state index in [0.717, 1.165) is 18.5 Å². The number of hydrogen-bond donors (Lipinski definition) is 2. The number of nitrogens with zero attached hydrogens (tertiary/aromatic N) is 4. The summed E-state index contributed by atoms with van der Waals surface area (Å²) in [6.07, 6.45) is 2.31. The standard InChI is InChI=1S/C31H31Cl2F2N5O4/c1-17-13-30(34,35)16-39(17)31(22-10-20(32)11-24(33)27(22)36-29(31)44)23(28(42)43)12-26(41)38(14-19-8-9-19)25-15-40(37-18(25)2)21-6-4-3-5-7-21/h3-7,10-11,15,17,19,23H,8-9,12-14,16H2,1-2H3,(H,36,44)(H,42,43)/t17-,23+,31-/m0/s1. The Morgan fingerprint density at radius 3 is 2.52 bits per heavy atom. The molecule has 3 aliphatic rings. The molecule has 2 N–H and O–H groups in total. The van der Waals surface area contributed by atoms with E-state index < -0.39 is 60.6 Å². The van der Waals surface area contributed by atoms with Crippen molar-refractivity contribution < 1.29 is 28.3 Å². The lowest BCUT2D eigenvalue weighted by molar-refractivity contribution is -0.157. The van der Waals surface area contributed by atoms with E-state index in [-0.39, 0.29) is 27.2 Å². The molecule has 13 heteroatoms. The third kappa shape index (κ3) is 5.24. The van der Waals surface area contributed by atoms with Crippen LogP contribution in [0.4, 0.5) is 20.2 Å². The second-order valence-corrected chi connectivity index (χ2v) is 12.8. The van der Waals surface area contributed by atoms with E-state index >= 15 is 0 Å². The maximum absolute atomic E-state index is 14.9. The molecule has 0 bridgehead atoms. The van der Waals surface area contributed by atoms with Crippen LogP contribution < -0.4 is 10.2 Å². The third-order valence-corrected chi connectivity index (χ3v) is 9.35. The average molecular weight is 647 g/mol. The summed E-state index contributed by atoms with van der Waals surface area (Å²) in [5.41, 5.74) is -0.185. The Labute approximate surface area is 262 Å². The molecule has 1 aromatic heterocycles. The zero-order valence-corrected chi connectivity index (χ0v) is 25.6. The Kier molecular flexibility index (Phi) is 7.70. The number of anilines is 2. The lowest BCUT2D eigenvalue weighted by atomic mass is 9.74. The first-order chi connectivity index (χ1) is 20.8. The number of amides is 2. The molecular weight excluding hydrogens is 615 g/mol. The molecule has 0 unspecified atom stereocenters. The summed E-state index contributed by atoms with van der Waals surface area (Å²) in [6.45, 7) is 2.73. The van der Waals surface area contributed by atoms with Crippen molar-refractivity contribution in [1.29, 1.82) is 0 Å². The number of benzene rings is 2. The summed E-state index contributed by atoms with van der Waals surface area (Å²) in [5, 5.41) is 18.1. The van der Waals surface area contributed by atoms with Gasteiger partial charge in [-0.1, -0.05) is 41.4 Å². The van der Waals surface area contributed by atoms with Crippen molar-refractivity contribution >= 4 is 52.4 Å². The molecule has 3 atom stereocenters. The van der Waals surface area contributed by atoms with Crippen molar-refractivity contribution in [2.45, 2.75) is 57.0 Å². The fraction of sp³-hybridized carbons (Fsp3) is 0.419. The monoisotopic (exact) mass is 645 g/mol. The van der Waals surface area contributed by atoms with Crippen LogP contribution in [0.25, 0.3) is 5.69 Å². The first-order valence-corrected chi connectivity index (χ1v) is 15.2. The van der Waals surface area contributed by atoms with E-state index in [4.69, 9.17) is 23.2 Å². The molecule has 232 valence electrons. The predicted molar refractivity (Wildman–Crippen MR) is 162 cm³/mol. The number of aliphatic carboxylic acids is 1. The number of alkyl halides is 2. The Morgan fingerprint density at radius 2 is 1.91 bits per heavy atom. The van der Waals surface area contributed by atoms with E-state index in [1.165, 1.54) is 28.9 Å². The van der Waals surface area contributed by atoms with Gasteiger partial charge in [0.25, 0.3) is 11.8 Å². The number of carboxylic acids is 1. The lowest BCUT2D eigenvalue weighted by Gasteiger charge is -2.43. The summed E-state index contributed by atoms with van der Waals surface area (Å²) in [5.74, 6) is -7.61. The fourth-order valence-electron chi connectivity index (χ4n) is 6.67. The summed E-state index contributed by atoms with van der Waals surface area (Å²) >= 11 is 12.8. The Hall–Kier alpha value is -3.54. The topological polar surface area (TPSA) is 108 Å². The van der Waals surface area contributed by atoms with Crippen molar-refractivity contribution in [2.24, 2.45) is 11.8 Å². The van der Waals surface area contributed by atoms with Gasteiger partial charge >= 0.3 is 5.97 Å². The van der Waals surface area contributed by atoms with Crippen molar-refractivity contribution in [1.82, 2.24) is 14.7 Å². The number of likely N-dealkylation sites (tertiary alicyclic amines) is 1. The second kappa shape index (κ2) is 11.1. The van der Waals surface area contributed by atoms with Gasteiger partial charge in [-0.15, -0.1) is 0 Å². The molecule has 2 fully saturated rings. The summed E-state index contributed by atoms with van der Waals surface area (Å²) in [6, 6.07) is 11.2. The van der Waals surface area contributed by atoms with Crippen LogP contribution in [0.15, 0.2) is 48.7 Å². The number of nitrogens with one attached hydrogen (secondary N) is 1. The van der Waals surface area contributed by atoms with Crippen LogP contribution in [0, 0.1) is 18.8 Å². The highest BCUT2D eigenvalue weighted by Gasteiger charge is 2.64. The minimum absolute atomic E-state index is 0.0381. The summed E-state index contributed by atoms with van der Waals surface area (Å²) in [4.78, 5) is 44.2. The number of carbonyl (C=O) groups is 3. The molecule has 6 rings (SSSR count). The van der Waals surface area contributed by atoms with Crippen LogP contribution in [0.1, 0.15) is 43.9 Å². The Balaban J connectivity index is 1.45. The highest BCUT2D eigenvalue weighted by Crippen LogP contribution is 2.54. The van der Waals surface area contributed by atoms with E-state index in [0.29, 0.717) is 17.9 Å². The zero-order valence-electron chi connectivity index (χ0n) is 24.1. The molecular formula is C31H31Cl2F2N5O4. The van der Waals surface area contributed by atoms with Crippen LogP contribution in [0.5, 0.6) is 0 Å². The first kappa shape index (κ1) is 30.5. The molecule has 9 nitrogen and oxygen atoms in total. The van der Waals surface area contributed by atoms with Crippen LogP contribution in [0.2, 0.25) is 10.0 Å². The number of carboxylic acid groups (broad SMARTS) is 1. The van der Waals surface area contributed by atoms with Crippen LogP contribution >= 0.6 is 23.2 Å². The second-order valence-electron chi connectivity index (χ2n) is 12.0. The van der Waals surface area contributed by atoms with Crippen molar-refractivity contribution in [2.75, 3.05) is 23.3 Å². The van der Waals surface area contributed by atoms with Gasteiger partial charge in [0.15, 0.2) is 0 Å². The number of rotatable bonds is 9. The van der Waals surface area contributed by atoms with Gasteiger partial charge in [-0.3, -0.25) is 19.3 Å². The molecule has 3 aromatic rings. The Morgan fingerprint density at radius 1 is 1.20 bits per heavy atom. The van der Waals surface area contributed by atoms with E-state index in [9.17, 15) is 28.3 Å². The summed E-state index contributed by atoms with van der Waals surface area (Å²) < 4.78 is 31.4. The number of hydrogen-bond acceptors (Lipinski definition) is 5. The largest absolute Gasteiger partial charge is 0.481 e. The van der Waals surface area contributed by atoms with Gasteiger partial charge < -0.3 is 15.3 Å². The minimum Gasteiger partial charge on any atom is -0.481 e. The fourth-order valence-corrected chi connectivity index (χ4v) is 7.21. The van der Waals surface area contributed by atoms with Crippen LogP contribution in [0.3, 0.4) is 0 Å². The first-order valence-electron chi connectivity index (χ1n) is 14.4. The minimum atomic E-state index is -3.19. The lowest BCUT2D eigenvalue weighted by Crippen LogP contribution is -2.60. The van der Waals surface area contributed by atoms with Crippen molar-refractivity contribution in [3.05, 3.63) is 70.0 Å². The maximum atomic E-state index is 14.9. The van der Waals surface area contributed by atoms with Gasteiger partial charge in [0, 0.05) is 36.0 Å². The van der Waals surface area contributed by atoms with Gasteiger partial charge in [-0.05, 0) is 56.9 Å². The molecule has 2 aliphatic heterocycles. The predicted octanol–water partition coefficient (Wildman–Crippen LogP) is 5.90. The highest BCUT2D eigenvalue weighted by molar-refractivity contribution is 6.38. The highest BCUT2D eigenvalue weighted by atomic mass is 35.5. The number of halogens is 4. The molecule has 0 radical (unpaired) electrons. The number of carbonyl (C=O) groups excluding carboxylic acids is 2. The zero-order chi connectivity index (χ0) is 31.6. The van der Waals surface area contributed by atoms with Gasteiger partial charge in [-0.2, -0.15) is 5.10 Å². The molecule has 44 heavy (non-hydrogen) atoms. The van der Waals surface area contributed by atoms with Gasteiger partial charge in [0.05, 0.1) is 46.4 Å². The van der Waals surface area contributed by atoms with Crippen LogP contribution in [-0.2, 0) is 19.9 Å². The number of aromatic nitrogens is 2. The van der Waals surface area contributed by atoms with Crippen LogP contribution in [-0.4, -0.2) is 62.6 Å².